The number of ether oxygens (including phenoxy) is 1. The van der Waals surface area contributed by atoms with Crippen molar-refractivity contribution in [3.05, 3.63) is 63.6 Å². The van der Waals surface area contributed by atoms with Crippen molar-refractivity contribution < 1.29 is 19.1 Å². The Hall–Kier alpha value is -2.37. The van der Waals surface area contributed by atoms with Crippen LogP contribution in [-0.4, -0.2) is 29.2 Å². The maximum absolute atomic E-state index is 12.2. The van der Waals surface area contributed by atoms with Crippen LogP contribution in [0, 0.1) is 0 Å². The van der Waals surface area contributed by atoms with Gasteiger partial charge in [0.25, 0.3) is 11.8 Å². The second-order valence-corrected chi connectivity index (χ2v) is 5.58. The molecule has 2 aromatic rings. The Balaban J connectivity index is 1.77. The van der Waals surface area contributed by atoms with Gasteiger partial charge in [0.1, 0.15) is 6.54 Å². The van der Waals surface area contributed by atoms with Crippen LogP contribution >= 0.6 is 23.2 Å². The molecule has 5 nitrogen and oxygen atoms in total. The van der Waals surface area contributed by atoms with Gasteiger partial charge >= 0.3 is 5.97 Å². The number of benzene rings is 2. The highest BCUT2D eigenvalue weighted by molar-refractivity contribution is 6.37. The normalized spacial score (nSPS) is 13.2. The molecule has 0 unspecified atom stereocenters. The van der Waals surface area contributed by atoms with E-state index in [1.807, 2.05) is 0 Å². The molecule has 0 saturated carbocycles. The first kappa shape index (κ1) is 15.5. The van der Waals surface area contributed by atoms with E-state index in [1.165, 1.54) is 24.3 Å². The number of amides is 2. The second kappa shape index (κ2) is 6.02. The van der Waals surface area contributed by atoms with Gasteiger partial charge in [-0.3, -0.25) is 14.5 Å². The van der Waals surface area contributed by atoms with Crippen molar-refractivity contribution in [1.29, 1.82) is 0 Å². The average Bonchev–Trinajstić information content (AvgIpc) is 2.77. The molecule has 0 spiro atoms. The number of imide groups is 1. The molecule has 3 rings (SSSR count). The number of hydrogen-bond acceptors (Lipinski definition) is 4. The Labute approximate surface area is 141 Å². The lowest BCUT2D eigenvalue weighted by Crippen LogP contribution is -2.36. The van der Waals surface area contributed by atoms with Crippen LogP contribution in [0.4, 0.5) is 0 Å². The zero-order chi connectivity index (χ0) is 16.6. The number of nitrogens with zero attached hydrogens (tertiary/aromatic N) is 1. The van der Waals surface area contributed by atoms with Gasteiger partial charge < -0.3 is 4.74 Å². The number of para-hydroxylation sites is 1. The summed E-state index contributed by atoms with van der Waals surface area (Å²) in [4.78, 5) is 37.2. The zero-order valence-electron chi connectivity index (χ0n) is 11.6. The molecule has 2 amide bonds. The molecule has 0 saturated heterocycles. The molecule has 0 bridgehead atoms. The topological polar surface area (TPSA) is 63.7 Å². The van der Waals surface area contributed by atoms with Crippen molar-refractivity contribution in [3.8, 4) is 5.75 Å². The maximum atomic E-state index is 12.2. The van der Waals surface area contributed by atoms with Gasteiger partial charge in [-0.2, -0.15) is 0 Å². The number of carbonyl (C=O) groups is 3. The van der Waals surface area contributed by atoms with Crippen LogP contribution in [0.1, 0.15) is 20.7 Å². The van der Waals surface area contributed by atoms with Crippen molar-refractivity contribution in [2.45, 2.75) is 0 Å². The molecule has 2 aromatic carbocycles. The summed E-state index contributed by atoms with van der Waals surface area (Å²) in [5, 5.41) is 0.321. The van der Waals surface area contributed by atoms with E-state index in [9.17, 15) is 14.4 Å². The van der Waals surface area contributed by atoms with Crippen LogP contribution in [0.25, 0.3) is 0 Å². The number of hydrogen-bond donors (Lipinski definition) is 0. The third-order valence-electron chi connectivity index (χ3n) is 3.30. The van der Waals surface area contributed by atoms with Gasteiger partial charge in [-0.05, 0) is 24.3 Å². The molecule has 1 heterocycles. The fourth-order valence-corrected chi connectivity index (χ4v) is 2.71. The molecule has 0 N–H and O–H groups in total. The van der Waals surface area contributed by atoms with E-state index >= 15 is 0 Å². The standard InChI is InChI=1S/C16H9Cl2NO4/c17-11-6-3-7-12(18)14(11)23-13(20)8-19-15(21)9-4-1-2-5-10(9)16(19)22/h1-7H,8H2. The van der Waals surface area contributed by atoms with Crippen LogP contribution in [0.5, 0.6) is 5.75 Å². The summed E-state index contributed by atoms with van der Waals surface area (Å²) >= 11 is 11.8. The first-order chi connectivity index (χ1) is 11.0. The molecule has 23 heavy (non-hydrogen) atoms. The first-order valence-electron chi connectivity index (χ1n) is 6.59. The monoisotopic (exact) mass is 349 g/mol. The van der Waals surface area contributed by atoms with Gasteiger partial charge in [0.05, 0.1) is 21.2 Å². The van der Waals surface area contributed by atoms with Crippen molar-refractivity contribution >= 4 is 41.0 Å². The van der Waals surface area contributed by atoms with Crippen LogP contribution in [0.2, 0.25) is 10.0 Å². The fourth-order valence-electron chi connectivity index (χ4n) is 2.24. The number of carbonyl (C=O) groups excluding carboxylic acids is 3. The Morgan fingerprint density at radius 3 is 1.96 bits per heavy atom. The number of esters is 1. The summed E-state index contributed by atoms with van der Waals surface area (Å²) in [5.74, 6) is -1.88. The first-order valence-corrected chi connectivity index (χ1v) is 7.34. The summed E-state index contributed by atoms with van der Waals surface area (Å²) in [6, 6.07) is 11.0. The lowest BCUT2D eigenvalue weighted by molar-refractivity contribution is -0.134. The number of fused-ring (bicyclic) bond motifs is 1. The van der Waals surface area contributed by atoms with Crippen LogP contribution in [0.3, 0.4) is 0 Å². The molecule has 0 atom stereocenters. The summed E-state index contributed by atoms with van der Waals surface area (Å²) in [6.07, 6.45) is 0. The number of rotatable bonds is 3. The highest BCUT2D eigenvalue weighted by Crippen LogP contribution is 2.32. The molecule has 1 aliphatic heterocycles. The minimum absolute atomic E-state index is 0.00237. The van der Waals surface area contributed by atoms with E-state index < -0.39 is 24.3 Å². The highest BCUT2D eigenvalue weighted by atomic mass is 35.5. The van der Waals surface area contributed by atoms with Gasteiger partial charge in [0.2, 0.25) is 0 Å². The predicted molar refractivity (Wildman–Crippen MR) is 83.9 cm³/mol. The molecule has 0 radical (unpaired) electrons. The van der Waals surface area contributed by atoms with Gasteiger partial charge in [-0.1, -0.05) is 41.4 Å². The Morgan fingerprint density at radius 2 is 1.43 bits per heavy atom. The van der Waals surface area contributed by atoms with Crippen molar-refractivity contribution in [1.82, 2.24) is 4.90 Å². The van der Waals surface area contributed by atoms with E-state index in [1.54, 1.807) is 18.2 Å². The molecule has 0 aromatic heterocycles. The molecular weight excluding hydrogens is 341 g/mol. The molecule has 0 fully saturated rings. The lowest BCUT2D eigenvalue weighted by Gasteiger charge is -2.13. The largest absolute Gasteiger partial charge is 0.422 e. The molecule has 116 valence electrons. The van der Waals surface area contributed by atoms with E-state index in [-0.39, 0.29) is 26.9 Å². The SMILES string of the molecule is O=C(CN1C(=O)c2ccccc2C1=O)Oc1c(Cl)cccc1Cl. The van der Waals surface area contributed by atoms with Crippen molar-refractivity contribution in [2.24, 2.45) is 0 Å². The molecule has 7 heteroatoms. The minimum atomic E-state index is -0.811. The van der Waals surface area contributed by atoms with Gasteiger partial charge in [-0.25, -0.2) is 4.79 Å². The Bertz CT molecular complexity index is 779. The van der Waals surface area contributed by atoms with E-state index in [0.717, 1.165) is 4.90 Å². The van der Waals surface area contributed by atoms with Crippen molar-refractivity contribution in [3.63, 3.8) is 0 Å². The zero-order valence-corrected chi connectivity index (χ0v) is 13.1. The quantitative estimate of drug-likeness (QED) is 0.485. The van der Waals surface area contributed by atoms with Gasteiger partial charge in [0, 0.05) is 0 Å². The molecular formula is C16H9Cl2NO4. The smallest absolute Gasteiger partial charge is 0.331 e. The lowest BCUT2D eigenvalue weighted by atomic mass is 10.1. The summed E-state index contributed by atoms with van der Waals surface area (Å²) < 4.78 is 5.08. The highest BCUT2D eigenvalue weighted by Gasteiger charge is 2.36. The third-order valence-corrected chi connectivity index (χ3v) is 3.90. The average molecular weight is 350 g/mol. The Kier molecular flexibility index (Phi) is 4.07. The van der Waals surface area contributed by atoms with E-state index in [4.69, 9.17) is 27.9 Å². The number of halogens is 2. The van der Waals surface area contributed by atoms with Gasteiger partial charge in [0.15, 0.2) is 5.75 Å². The van der Waals surface area contributed by atoms with Gasteiger partial charge in [-0.15, -0.1) is 0 Å². The third kappa shape index (κ3) is 2.81. The summed E-state index contributed by atoms with van der Waals surface area (Å²) in [7, 11) is 0. The van der Waals surface area contributed by atoms with Crippen molar-refractivity contribution in [2.75, 3.05) is 6.54 Å². The van der Waals surface area contributed by atoms with Crippen LogP contribution in [-0.2, 0) is 4.79 Å². The predicted octanol–water partition coefficient (Wildman–Crippen LogP) is 3.20. The maximum Gasteiger partial charge on any atom is 0.331 e. The fraction of sp³-hybridized carbons (Fsp3) is 0.0625. The second-order valence-electron chi connectivity index (χ2n) is 4.77. The Morgan fingerprint density at radius 1 is 0.913 bits per heavy atom. The minimum Gasteiger partial charge on any atom is -0.422 e. The molecule has 1 aliphatic rings. The van der Waals surface area contributed by atoms with E-state index in [0.29, 0.717) is 0 Å². The molecule has 0 aliphatic carbocycles. The van der Waals surface area contributed by atoms with E-state index in [2.05, 4.69) is 0 Å². The van der Waals surface area contributed by atoms with Crippen LogP contribution in [0.15, 0.2) is 42.5 Å². The summed E-state index contributed by atoms with van der Waals surface area (Å²) in [5.41, 5.74) is 0.530. The summed E-state index contributed by atoms with van der Waals surface area (Å²) in [6.45, 7) is -0.520. The van der Waals surface area contributed by atoms with Crippen LogP contribution < -0.4 is 4.74 Å².